The highest BCUT2D eigenvalue weighted by atomic mass is 79.9. The van der Waals surface area contributed by atoms with Crippen LogP contribution in [0.5, 0.6) is 5.75 Å². The van der Waals surface area contributed by atoms with Gasteiger partial charge in [-0.15, -0.1) is 0 Å². The maximum Gasteiger partial charge on any atom is 0.130 e. The van der Waals surface area contributed by atoms with Crippen LogP contribution in [0.15, 0.2) is 40.9 Å². The van der Waals surface area contributed by atoms with Crippen molar-refractivity contribution in [1.82, 2.24) is 4.98 Å². The summed E-state index contributed by atoms with van der Waals surface area (Å²) in [7, 11) is 1.85. The van der Waals surface area contributed by atoms with Gasteiger partial charge in [-0.05, 0) is 42.8 Å². The molecule has 0 aliphatic carbocycles. The standard InChI is InChI=1S/C14H15BrN2O/c1-10-8-11(15)6-7-13(10)18-9-12-4-3-5-14(16-2)17-12/h3-8H,9H2,1-2H3,(H,16,17). The Kier molecular flexibility index (Phi) is 4.20. The number of pyridine rings is 1. The van der Waals surface area contributed by atoms with Gasteiger partial charge in [0.25, 0.3) is 0 Å². The molecular weight excluding hydrogens is 292 g/mol. The summed E-state index contributed by atoms with van der Waals surface area (Å²) in [5.74, 6) is 1.73. The predicted molar refractivity (Wildman–Crippen MR) is 77.0 cm³/mol. The lowest BCUT2D eigenvalue weighted by atomic mass is 10.2. The molecule has 1 heterocycles. The van der Waals surface area contributed by atoms with E-state index in [0.717, 1.165) is 27.3 Å². The SMILES string of the molecule is CNc1cccc(COc2ccc(Br)cc2C)n1. The smallest absolute Gasteiger partial charge is 0.130 e. The Morgan fingerprint density at radius 3 is 2.83 bits per heavy atom. The molecule has 0 fully saturated rings. The number of hydrogen-bond donors (Lipinski definition) is 1. The van der Waals surface area contributed by atoms with E-state index in [1.165, 1.54) is 0 Å². The molecule has 4 heteroatoms. The highest BCUT2D eigenvalue weighted by Crippen LogP contribution is 2.22. The first-order chi connectivity index (χ1) is 8.69. The van der Waals surface area contributed by atoms with Crippen molar-refractivity contribution in [3.63, 3.8) is 0 Å². The second kappa shape index (κ2) is 5.87. The Hall–Kier alpha value is -1.55. The highest BCUT2D eigenvalue weighted by Gasteiger charge is 2.02. The summed E-state index contributed by atoms with van der Waals surface area (Å²) < 4.78 is 6.82. The summed E-state index contributed by atoms with van der Waals surface area (Å²) in [5, 5.41) is 3.01. The number of nitrogens with one attached hydrogen (secondary N) is 1. The monoisotopic (exact) mass is 306 g/mol. The van der Waals surface area contributed by atoms with Gasteiger partial charge in [0.2, 0.25) is 0 Å². The zero-order valence-corrected chi connectivity index (χ0v) is 12.0. The summed E-state index contributed by atoms with van der Waals surface area (Å²) in [6.07, 6.45) is 0. The average Bonchev–Trinajstić information content (AvgIpc) is 2.38. The molecule has 0 aliphatic heterocycles. The Balaban J connectivity index is 2.06. The molecule has 0 amide bonds. The van der Waals surface area contributed by atoms with E-state index in [1.54, 1.807) is 0 Å². The van der Waals surface area contributed by atoms with Gasteiger partial charge in [0, 0.05) is 11.5 Å². The van der Waals surface area contributed by atoms with Crippen LogP contribution in [0.25, 0.3) is 0 Å². The Labute approximate surface area is 115 Å². The molecule has 3 nitrogen and oxygen atoms in total. The third kappa shape index (κ3) is 3.23. The number of aromatic nitrogens is 1. The number of hydrogen-bond acceptors (Lipinski definition) is 3. The van der Waals surface area contributed by atoms with Crippen molar-refractivity contribution in [3.05, 3.63) is 52.1 Å². The van der Waals surface area contributed by atoms with Gasteiger partial charge in [0.05, 0.1) is 5.69 Å². The van der Waals surface area contributed by atoms with Crippen molar-refractivity contribution in [2.75, 3.05) is 12.4 Å². The van der Waals surface area contributed by atoms with Gasteiger partial charge in [-0.1, -0.05) is 22.0 Å². The van der Waals surface area contributed by atoms with E-state index in [1.807, 2.05) is 50.4 Å². The Morgan fingerprint density at radius 2 is 2.11 bits per heavy atom. The van der Waals surface area contributed by atoms with Gasteiger partial charge in [-0.25, -0.2) is 4.98 Å². The predicted octanol–water partition coefficient (Wildman–Crippen LogP) is 3.77. The first kappa shape index (κ1) is 12.9. The molecule has 0 radical (unpaired) electrons. The summed E-state index contributed by atoms with van der Waals surface area (Å²) in [5.41, 5.74) is 2.01. The van der Waals surface area contributed by atoms with Crippen LogP contribution in [-0.2, 0) is 6.61 Å². The van der Waals surface area contributed by atoms with Crippen LogP contribution in [0.3, 0.4) is 0 Å². The van der Waals surface area contributed by atoms with E-state index in [0.29, 0.717) is 6.61 Å². The van der Waals surface area contributed by atoms with Gasteiger partial charge in [-0.3, -0.25) is 0 Å². The molecule has 0 bridgehead atoms. The second-order valence-electron chi connectivity index (χ2n) is 3.96. The molecule has 0 unspecified atom stereocenters. The number of nitrogens with zero attached hydrogens (tertiary/aromatic N) is 1. The third-order valence-corrected chi connectivity index (χ3v) is 3.07. The molecule has 0 saturated heterocycles. The van der Waals surface area contributed by atoms with Crippen LogP contribution in [0.4, 0.5) is 5.82 Å². The van der Waals surface area contributed by atoms with Crippen LogP contribution in [0.1, 0.15) is 11.3 Å². The first-order valence-electron chi connectivity index (χ1n) is 5.71. The highest BCUT2D eigenvalue weighted by molar-refractivity contribution is 9.10. The molecule has 1 aromatic heterocycles. The molecule has 1 aromatic carbocycles. The number of rotatable bonds is 4. The largest absolute Gasteiger partial charge is 0.487 e. The minimum Gasteiger partial charge on any atom is -0.487 e. The van der Waals surface area contributed by atoms with E-state index in [2.05, 4.69) is 26.2 Å². The lowest BCUT2D eigenvalue weighted by Gasteiger charge is -2.09. The molecule has 0 atom stereocenters. The van der Waals surface area contributed by atoms with Crippen LogP contribution in [0.2, 0.25) is 0 Å². The van der Waals surface area contributed by atoms with Crippen LogP contribution in [-0.4, -0.2) is 12.0 Å². The fraction of sp³-hybridized carbons (Fsp3) is 0.214. The quantitative estimate of drug-likeness (QED) is 0.933. The molecule has 18 heavy (non-hydrogen) atoms. The number of halogens is 1. The minimum atomic E-state index is 0.470. The summed E-state index contributed by atoms with van der Waals surface area (Å²) in [6, 6.07) is 11.8. The van der Waals surface area contributed by atoms with Crippen LogP contribution >= 0.6 is 15.9 Å². The number of ether oxygens (including phenoxy) is 1. The van der Waals surface area contributed by atoms with Crippen LogP contribution in [0, 0.1) is 6.92 Å². The molecular formula is C14H15BrN2O. The van der Waals surface area contributed by atoms with Crippen molar-refractivity contribution < 1.29 is 4.74 Å². The maximum absolute atomic E-state index is 5.77. The number of anilines is 1. The lowest BCUT2D eigenvalue weighted by molar-refractivity contribution is 0.299. The molecule has 0 saturated carbocycles. The Morgan fingerprint density at radius 1 is 1.28 bits per heavy atom. The average molecular weight is 307 g/mol. The van der Waals surface area contributed by atoms with Gasteiger partial charge < -0.3 is 10.1 Å². The fourth-order valence-electron chi connectivity index (χ4n) is 1.63. The van der Waals surface area contributed by atoms with Gasteiger partial charge in [-0.2, -0.15) is 0 Å². The van der Waals surface area contributed by atoms with Crippen molar-refractivity contribution in [3.8, 4) is 5.75 Å². The van der Waals surface area contributed by atoms with Gasteiger partial charge in [0.15, 0.2) is 0 Å². The first-order valence-corrected chi connectivity index (χ1v) is 6.51. The zero-order chi connectivity index (χ0) is 13.0. The summed E-state index contributed by atoms with van der Waals surface area (Å²) in [4.78, 5) is 4.41. The van der Waals surface area contributed by atoms with Gasteiger partial charge in [0.1, 0.15) is 18.2 Å². The lowest BCUT2D eigenvalue weighted by Crippen LogP contribution is -2.01. The maximum atomic E-state index is 5.77. The van der Waals surface area contributed by atoms with Crippen LogP contribution < -0.4 is 10.1 Å². The minimum absolute atomic E-state index is 0.470. The van der Waals surface area contributed by atoms with E-state index in [-0.39, 0.29) is 0 Å². The molecule has 0 spiro atoms. The van der Waals surface area contributed by atoms with E-state index in [9.17, 15) is 0 Å². The molecule has 0 aliphatic rings. The van der Waals surface area contributed by atoms with Gasteiger partial charge >= 0.3 is 0 Å². The topological polar surface area (TPSA) is 34.1 Å². The molecule has 1 N–H and O–H groups in total. The van der Waals surface area contributed by atoms with E-state index < -0.39 is 0 Å². The van der Waals surface area contributed by atoms with Crippen molar-refractivity contribution in [2.24, 2.45) is 0 Å². The Bertz CT molecular complexity index is 543. The second-order valence-corrected chi connectivity index (χ2v) is 4.88. The third-order valence-electron chi connectivity index (χ3n) is 2.58. The van der Waals surface area contributed by atoms with E-state index >= 15 is 0 Å². The van der Waals surface area contributed by atoms with Crippen molar-refractivity contribution in [2.45, 2.75) is 13.5 Å². The molecule has 94 valence electrons. The van der Waals surface area contributed by atoms with Crippen molar-refractivity contribution in [1.29, 1.82) is 0 Å². The van der Waals surface area contributed by atoms with E-state index in [4.69, 9.17) is 4.74 Å². The number of aryl methyl sites for hydroxylation is 1. The fourth-order valence-corrected chi connectivity index (χ4v) is 2.10. The molecule has 2 rings (SSSR count). The van der Waals surface area contributed by atoms with Crippen molar-refractivity contribution >= 4 is 21.7 Å². The number of benzene rings is 1. The molecule has 2 aromatic rings. The zero-order valence-electron chi connectivity index (χ0n) is 10.4. The summed E-state index contributed by atoms with van der Waals surface area (Å²) >= 11 is 3.43. The summed E-state index contributed by atoms with van der Waals surface area (Å²) in [6.45, 7) is 2.50. The normalized spacial score (nSPS) is 10.2.